The fraction of sp³-hybridized carbons (Fsp3) is 0.548. The first-order chi connectivity index (χ1) is 19.9. The molecular weight excluding hydrogens is 544 g/mol. The van der Waals surface area contributed by atoms with Crippen LogP contribution < -0.4 is 14.8 Å². The maximum Gasteiger partial charge on any atom is 0.255 e. The van der Waals surface area contributed by atoms with E-state index in [4.69, 9.17) is 21.1 Å². The van der Waals surface area contributed by atoms with Gasteiger partial charge in [-0.3, -0.25) is 19.4 Å². The Kier molecular flexibility index (Phi) is 9.32. The van der Waals surface area contributed by atoms with Crippen LogP contribution in [0.5, 0.6) is 11.5 Å². The summed E-state index contributed by atoms with van der Waals surface area (Å²) < 4.78 is 11.3. The standard InChI is InChI=1S/C31H39ClN4O5/c1-40-27-13-20-8-9-29(38)36-18-21-12-24(19-35(17-21)31(39)23-14-25(32)16-33-15-23)26(36)6-3-7-28(37)34-10-4-5-22(11-20)30(27)41-2/h11,13-16,21,24,26H,3-10,12,17-19H2,1-2H3,(H,34,37)/t21-,24-,26-/m0/s1. The molecule has 0 unspecified atom stereocenters. The lowest BCUT2D eigenvalue weighted by Crippen LogP contribution is -2.60. The molecule has 2 fully saturated rings. The van der Waals surface area contributed by atoms with Gasteiger partial charge in [0.05, 0.1) is 24.8 Å². The summed E-state index contributed by atoms with van der Waals surface area (Å²) in [5.41, 5.74) is 2.53. The summed E-state index contributed by atoms with van der Waals surface area (Å²) in [6, 6.07) is 5.69. The first-order valence-electron chi connectivity index (χ1n) is 14.6. The summed E-state index contributed by atoms with van der Waals surface area (Å²) in [4.78, 5) is 47.8. The highest BCUT2D eigenvalue weighted by molar-refractivity contribution is 6.30. The summed E-state index contributed by atoms with van der Waals surface area (Å²) in [6.07, 6.45) is 8.39. The van der Waals surface area contributed by atoms with Crippen molar-refractivity contribution in [1.29, 1.82) is 0 Å². The second-order valence-electron chi connectivity index (χ2n) is 11.4. The van der Waals surface area contributed by atoms with Crippen LogP contribution in [-0.4, -0.2) is 78.9 Å². The molecule has 0 radical (unpaired) electrons. The molecule has 41 heavy (non-hydrogen) atoms. The number of pyridine rings is 1. The molecule has 1 aromatic carbocycles. The Morgan fingerprint density at radius 2 is 1.85 bits per heavy atom. The molecule has 3 amide bonds. The van der Waals surface area contributed by atoms with Crippen LogP contribution in [0.3, 0.4) is 0 Å². The van der Waals surface area contributed by atoms with Gasteiger partial charge >= 0.3 is 0 Å². The van der Waals surface area contributed by atoms with Gasteiger partial charge in [-0.2, -0.15) is 0 Å². The molecule has 5 rings (SSSR count). The van der Waals surface area contributed by atoms with Crippen LogP contribution in [0.2, 0.25) is 5.02 Å². The highest BCUT2D eigenvalue weighted by atomic mass is 35.5. The van der Waals surface area contributed by atoms with Crippen LogP contribution in [0.1, 0.15) is 60.0 Å². The molecule has 2 saturated heterocycles. The van der Waals surface area contributed by atoms with E-state index in [9.17, 15) is 14.4 Å². The fourth-order valence-corrected chi connectivity index (χ4v) is 6.95. The van der Waals surface area contributed by atoms with Gasteiger partial charge < -0.3 is 24.6 Å². The number of carbonyl (C=O) groups is 3. The van der Waals surface area contributed by atoms with Gasteiger partial charge in [-0.15, -0.1) is 0 Å². The molecule has 0 saturated carbocycles. The predicted octanol–water partition coefficient (Wildman–Crippen LogP) is 3.91. The number of piperidine rings is 2. The predicted molar refractivity (Wildman–Crippen MR) is 155 cm³/mol. The summed E-state index contributed by atoms with van der Waals surface area (Å²) in [5.74, 6) is 1.77. The van der Waals surface area contributed by atoms with E-state index in [0.717, 1.165) is 36.8 Å². The number of carbonyl (C=O) groups excluding carboxylic acids is 3. The van der Waals surface area contributed by atoms with Crippen LogP contribution in [0.25, 0.3) is 0 Å². The second kappa shape index (κ2) is 13.1. The van der Waals surface area contributed by atoms with Gasteiger partial charge in [-0.05, 0) is 73.6 Å². The van der Waals surface area contributed by atoms with Gasteiger partial charge in [-0.1, -0.05) is 17.7 Å². The van der Waals surface area contributed by atoms with E-state index in [1.54, 1.807) is 26.5 Å². The minimum absolute atomic E-state index is 0.0199. The molecule has 4 bridgehead atoms. The monoisotopic (exact) mass is 582 g/mol. The summed E-state index contributed by atoms with van der Waals surface area (Å²) in [7, 11) is 3.25. The molecule has 220 valence electrons. The lowest BCUT2D eigenvalue weighted by molar-refractivity contribution is -0.140. The van der Waals surface area contributed by atoms with E-state index in [2.05, 4.69) is 16.4 Å². The van der Waals surface area contributed by atoms with Crippen molar-refractivity contribution in [2.24, 2.45) is 11.8 Å². The zero-order valence-electron chi connectivity index (χ0n) is 23.9. The van der Waals surface area contributed by atoms with Crippen molar-refractivity contribution in [1.82, 2.24) is 20.1 Å². The van der Waals surface area contributed by atoms with Crippen molar-refractivity contribution >= 4 is 29.3 Å². The van der Waals surface area contributed by atoms with Gasteiger partial charge in [0.15, 0.2) is 11.5 Å². The Morgan fingerprint density at radius 1 is 1.00 bits per heavy atom. The smallest absolute Gasteiger partial charge is 0.255 e. The molecule has 0 spiro atoms. The number of hydrogen-bond acceptors (Lipinski definition) is 6. The summed E-state index contributed by atoms with van der Waals surface area (Å²) in [5, 5.41) is 3.48. The van der Waals surface area contributed by atoms with Gasteiger partial charge in [0, 0.05) is 57.5 Å². The number of hydrogen-bond donors (Lipinski definition) is 1. The highest BCUT2D eigenvalue weighted by Gasteiger charge is 2.43. The fourth-order valence-electron chi connectivity index (χ4n) is 6.78. The first kappa shape index (κ1) is 29.2. The Bertz CT molecular complexity index is 1290. The maximum atomic E-state index is 13.8. The molecule has 3 aliphatic heterocycles. The zero-order chi connectivity index (χ0) is 28.9. The molecule has 1 aromatic heterocycles. The van der Waals surface area contributed by atoms with E-state index in [1.807, 2.05) is 15.9 Å². The third-order valence-corrected chi connectivity index (χ3v) is 8.83. The number of methoxy groups -OCH3 is 2. The highest BCUT2D eigenvalue weighted by Crippen LogP contribution is 2.37. The largest absolute Gasteiger partial charge is 0.493 e. The van der Waals surface area contributed by atoms with Crippen molar-refractivity contribution in [2.45, 2.75) is 57.4 Å². The van der Waals surface area contributed by atoms with Crippen LogP contribution in [-0.2, 0) is 22.4 Å². The van der Waals surface area contributed by atoms with E-state index in [-0.39, 0.29) is 35.6 Å². The number of rotatable bonds is 3. The lowest BCUT2D eigenvalue weighted by atomic mass is 9.77. The molecule has 10 heteroatoms. The quantitative estimate of drug-likeness (QED) is 0.589. The third kappa shape index (κ3) is 6.77. The minimum atomic E-state index is -0.0775. The van der Waals surface area contributed by atoms with E-state index >= 15 is 0 Å². The van der Waals surface area contributed by atoms with E-state index in [1.165, 1.54) is 6.20 Å². The average molecular weight is 583 g/mol. The number of amides is 3. The Morgan fingerprint density at radius 3 is 2.63 bits per heavy atom. The number of likely N-dealkylation sites (tertiary alicyclic amines) is 1. The normalized spacial score (nSPS) is 23.8. The molecule has 1 N–H and O–H groups in total. The average Bonchev–Trinajstić information content (AvgIpc) is 2.97. The first-order valence-corrected chi connectivity index (χ1v) is 14.9. The van der Waals surface area contributed by atoms with E-state index < -0.39 is 0 Å². The van der Waals surface area contributed by atoms with Crippen molar-refractivity contribution in [3.63, 3.8) is 0 Å². The topological polar surface area (TPSA) is 101 Å². The molecular formula is C31H39ClN4O5. The van der Waals surface area contributed by atoms with Gasteiger partial charge in [-0.25, -0.2) is 0 Å². The number of benzene rings is 1. The Hall–Kier alpha value is -3.33. The molecule has 2 aromatic rings. The lowest BCUT2D eigenvalue weighted by Gasteiger charge is -2.51. The molecule has 0 aliphatic carbocycles. The SMILES string of the molecule is COc1cc2cc(c1OC)CCCNC(=O)CCC[C@H]1[C@H]3C[C@@H](CN(C(=O)c4cncc(Cl)c4)C3)CN1C(=O)CC2. The van der Waals surface area contributed by atoms with Crippen LogP contribution in [0.4, 0.5) is 0 Å². The minimum Gasteiger partial charge on any atom is -0.493 e. The van der Waals surface area contributed by atoms with Crippen molar-refractivity contribution in [2.75, 3.05) is 40.4 Å². The van der Waals surface area contributed by atoms with Crippen LogP contribution in [0.15, 0.2) is 30.6 Å². The Balaban J connectivity index is 1.37. The molecule has 3 aliphatic rings. The Labute approximate surface area is 246 Å². The molecule has 3 atom stereocenters. The summed E-state index contributed by atoms with van der Waals surface area (Å²) in [6.45, 7) is 2.37. The van der Waals surface area contributed by atoms with Gasteiger partial charge in [0.25, 0.3) is 5.91 Å². The van der Waals surface area contributed by atoms with Crippen LogP contribution >= 0.6 is 11.6 Å². The molecule has 9 nitrogen and oxygen atoms in total. The number of nitrogens with zero attached hydrogens (tertiary/aromatic N) is 3. The number of aryl methyl sites for hydroxylation is 2. The maximum absolute atomic E-state index is 13.8. The van der Waals surface area contributed by atoms with Crippen LogP contribution in [0, 0.1) is 11.8 Å². The van der Waals surface area contributed by atoms with Crippen molar-refractivity contribution in [3.8, 4) is 11.5 Å². The second-order valence-corrected chi connectivity index (χ2v) is 11.8. The number of aromatic nitrogens is 1. The third-order valence-electron chi connectivity index (χ3n) is 8.62. The zero-order valence-corrected chi connectivity index (χ0v) is 24.6. The van der Waals surface area contributed by atoms with Crippen molar-refractivity contribution in [3.05, 3.63) is 52.3 Å². The number of ether oxygens (including phenoxy) is 2. The van der Waals surface area contributed by atoms with E-state index in [0.29, 0.717) is 73.9 Å². The van der Waals surface area contributed by atoms with Crippen molar-refractivity contribution < 1.29 is 23.9 Å². The molecule has 4 heterocycles. The van der Waals surface area contributed by atoms with Gasteiger partial charge in [0.2, 0.25) is 11.8 Å². The number of fused-ring (bicyclic) bond motifs is 6. The summed E-state index contributed by atoms with van der Waals surface area (Å²) >= 11 is 6.10. The number of halogens is 1. The van der Waals surface area contributed by atoms with Gasteiger partial charge in [0.1, 0.15) is 0 Å². The number of nitrogens with one attached hydrogen (secondary N) is 1.